The van der Waals surface area contributed by atoms with E-state index < -0.39 is 5.41 Å². The zero-order valence-corrected chi connectivity index (χ0v) is 49.6. The summed E-state index contributed by atoms with van der Waals surface area (Å²) in [5.41, 5.74) is 22.1. The van der Waals surface area contributed by atoms with Gasteiger partial charge >= 0.3 is 0 Å². The van der Waals surface area contributed by atoms with Gasteiger partial charge in [0, 0.05) is 45.9 Å². The number of pyridine rings is 1. The van der Waals surface area contributed by atoms with Crippen LogP contribution in [0.25, 0.3) is 61.0 Å². The molecule has 0 N–H and O–H groups in total. The zero-order valence-electron chi connectivity index (χ0n) is 49.6. The number of fused-ring (bicyclic) bond motifs is 7. The topological polar surface area (TPSA) is 33.5 Å². The van der Waals surface area contributed by atoms with E-state index in [0.717, 1.165) is 61.7 Å². The Morgan fingerprint density at radius 3 is 1.65 bits per heavy atom. The fourth-order valence-corrected chi connectivity index (χ4v) is 13.3. The summed E-state index contributed by atoms with van der Waals surface area (Å²) in [4.78, 5) is 10.2. The Labute approximate surface area is 495 Å². The first-order valence-corrected chi connectivity index (χ1v) is 29.6. The van der Waals surface area contributed by atoms with Crippen molar-refractivity contribution in [3.8, 4) is 50.7 Å². The molecule has 5 heteroatoms. The van der Waals surface area contributed by atoms with Crippen molar-refractivity contribution in [2.45, 2.75) is 84.0 Å². The van der Waals surface area contributed by atoms with Crippen LogP contribution >= 0.6 is 0 Å². The minimum atomic E-state index is -0.618. The Morgan fingerprint density at radius 1 is 0.393 bits per heavy atom. The third-order valence-corrected chi connectivity index (χ3v) is 17.7. The summed E-state index contributed by atoms with van der Waals surface area (Å²) in [5, 5.41) is 2.29. The minimum absolute atomic E-state index is 0.00779. The number of hydrogen-bond donors (Lipinski definition) is 0. The van der Waals surface area contributed by atoms with Crippen molar-refractivity contribution < 1.29 is 4.74 Å². The maximum atomic E-state index is 7.02. The third-order valence-electron chi connectivity index (χ3n) is 17.7. The summed E-state index contributed by atoms with van der Waals surface area (Å²) in [6.45, 7) is 21.3. The highest BCUT2D eigenvalue weighted by molar-refractivity contribution is 6.09. The predicted octanol–water partition coefficient (Wildman–Crippen LogP) is 20.8. The van der Waals surface area contributed by atoms with Gasteiger partial charge < -0.3 is 14.5 Å². The van der Waals surface area contributed by atoms with Crippen molar-refractivity contribution in [2.24, 2.45) is 0 Å². The zero-order chi connectivity index (χ0) is 57.7. The molecule has 14 rings (SSSR count). The molecule has 12 aromatic rings. The number of nitrogens with zero attached hydrogens (tertiary/aromatic N) is 4. The highest BCUT2D eigenvalue weighted by Gasteiger charge is 2.47. The normalized spacial score (nSPS) is 14.9. The molecular weight excluding hydrogens is 1020 g/mol. The lowest BCUT2D eigenvalue weighted by molar-refractivity contribution is 0.483. The van der Waals surface area contributed by atoms with Crippen LogP contribution in [0.1, 0.15) is 101 Å². The molecule has 1 aliphatic carbocycles. The highest BCUT2D eigenvalue weighted by Crippen LogP contribution is 2.58. The van der Waals surface area contributed by atoms with Crippen LogP contribution in [-0.4, -0.2) is 16.2 Å². The number of ether oxygens (including phenoxy) is 1. The van der Waals surface area contributed by atoms with Gasteiger partial charge in [-0.15, -0.1) is 0 Å². The fourth-order valence-electron chi connectivity index (χ4n) is 13.3. The molecule has 2 aromatic heterocycles. The molecule has 0 saturated carbocycles. The number of hydrogen-bond acceptors (Lipinski definition) is 4. The lowest BCUT2D eigenvalue weighted by Crippen LogP contribution is -2.29. The summed E-state index contributed by atoms with van der Waals surface area (Å²) in [7, 11) is 0. The smallest absolute Gasteiger partial charge is 0.137 e. The Hall–Kier alpha value is -9.45. The van der Waals surface area contributed by atoms with Gasteiger partial charge in [0.1, 0.15) is 24.0 Å². The van der Waals surface area contributed by atoms with Gasteiger partial charge in [-0.2, -0.15) is 0 Å². The molecule has 1 unspecified atom stereocenters. The van der Waals surface area contributed by atoms with Crippen LogP contribution in [0.5, 0.6) is 11.5 Å². The third kappa shape index (κ3) is 8.79. The van der Waals surface area contributed by atoms with E-state index in [1.165, 1.54) is 72.4 Å². The Balaban J connectivity index is 0.866. The summed E-state index contributed by atoms with van der Waals surface area (Å²) >= 11 is 0. The molecule has 1 aliphatic heterocycles. The van der Waals surface area contributed by atoms with Crippen molar-refractivity contribution in [1.29, 1.82) is 0 Å². The molecule has 0 saturated heterocycles. The number of rotatable bonds is 9. The van der Waals surface area contributed by atoms with E-state index >= 15 is 0 Å². The Bertz CT molecular complexity index is 4440. The largest absolute Gasteiger partial charge is 0.457 e. The molecule has 3 heterocycles. The predicted molar refractivity (Wildman–Crippen MR) is 351 cm³/mol. The van der Waals surface area contributed by atoms with E-state index in [-0.39, 0.29) is 16.2 Å². The number of aromatic nitrogens is 2. The molecule has 412 valence electrons. The maximum absolute atomic E-state index is 7.02. The van der Waals surface area contributed by atoms with Crippen LogP contribution in [-0.2, 0) is 21.7 Å². The van der Waals surface area contributed by atoms with E-state index in [2.05, 4.69) is 319 Å². The van der Waals surface area contributed by atoms with E-state index in [1.807, 2.05) is 6.20 Å². The first kappa shape index (κ1) is 52.6. The summed E-state index contributed by atoms with van der Waals surface area (Å²) in [5.74, 6) is 2.34. The number of para-hydroxylation sites is 3. The van der Waals surface area contributed by atoms with Gasteiger partial charge in [-0.25, -0.2) is 4.98 Å². The average molecular weight is 1090 g/mol. The second-order valence-corrected chi connectivity index (χ2v) is 26.1. The highest BCUT2D eigenvalue weighted by atomic mass is 16.5. The standard InChI is InChI=1S/C79H70N4O/c1-76(2,3)54-35-37-55(38-36-54)79(68-31-18-16-29-62(68)67-45-56(77(4,5)6)39-42-69(67)79)57-43-44-80-74(48-57)83-70-32-19-17-30-63(70)64-41-40-61(50-73(64)83)84-60-28-22-27-59(49-60)81-51-82(72-34-21-20-33-71(72)81)75-65(52-23-12-10-13-24-52)46-58(78(7,8)9)47-66(75)53-25-14-11-15-26-53/h10-50H,51H2,1-9H3. The summed E-state index contributed by atoms with van der Waals surface area (Å²) in [6.07, 6.45) is 2.01. The monoisotopic (exact) mass is 1090 g/mol. The first-order valence-electron chi connectivity index (χ1n) is 29.6. The molecule has 2 aliphatic rings. The Kier molecular flexibility index (Phi) is 12.5. The van der Waals surface area contributed by atoms with E-state index in [0.29, 0.717) is 6.67 Å². The maximum Gasteiger partial charge on any atom is 0.137 e. The fraction of sp³-hybridized carbons (Fsp3) is 0.177. The first-order chi connectivity index (χ1) is 40.5. The molecule has 0 fully saturated rings. The minimum Gasteiger partial charge on any atom is -0.457 e. The Morgan fingerprint density at radius 2 is 0.964 bits per heavy atom. The van der Waals surface area contributed by atoms with Crippen molar-refractivity contribution in [1.82, 2.24) is 9.55 Å². The van der Waals surface area contributed by atoms with Crippen LogP contribution in [0, 0.1) is 0 Å². The average Bonchev–Trinajstić information content (AvgIpc) is 1.75. The molecular formula is C79H70N4O. The second kappa shape index (κ2) is 19.9. The van der Waals surface area contributed by atoms with Gasteiger partial charge in [0.25, 0.3) is 0 Å². The van der Waals surface area contributed by atoms with Crippen molar-refractivity contribution in [3.63, 3.8) is 0 Å². The lowest BCUT2D eigenvalue weighted by Gasteiger charge is -2.35. The van der Waals surface area contributed by atoms with E-state index in [4.69, 9.17) is 9.72 Å². The molecule has 0 bridgehead atoms. The van der Waals surface area contributed by atoms with Crippen LogP contribution < -0.4 is 14.5 Å². The number of anilines is 4. The molecule has 84 heavy (non-hydrogen) atoms. The summed E-state index contributed by atoms with van der Waals surface area (Å²) in [6, 6.07) is 89.4. The van der Waals surface area contributed by atoms with Crippen molar-refractivity contribution >= 4 is 44.6 Å². The molecule has 10 aromatic carbocycles. The van der Waals surface area contributed by atoms with Gasteiger partial charge in [-0.3, -0.25) is 4.57 Å². The van der Waals surface area contributed by atoms with Crippen LogP contribution in [0.3, 0.4) is 0 Å². The van der Waals surface area contributed by atoms with Gasteiger partial charge in [-0.1, -0.05) is 226 Å². The van der Waals surface area contributed by atoms with Gasteiger partial charge in [0.15, 0.2) is 0 Å². The van der Waals surface area contributed by atoms with Crippen molar-refractivity contribution in [2.75, 3.05) is 16.5 Å². The van der Waals surface area contributed by atoms with Crippen LogP contribution in [0.4, 0.5) is 22.7 Å². The van der Waals surface area contributed by atoms with Gasteiger partial charge in [0.05, 0.1) is 33.5 Å². The summed E-state index contributed by atoms with van der Waals surface area (Å²) < 4.78 is 9.35. The van der Waals surface area contributed by atoms with Crippen LogP contribution in [0.15, 0.2) is 249 Å². The van der Waals surface area contributed by atoms with E-state index in [9.17, 15) is 0 Å². The van der Waals surface area contributed by atoms with Gasteiger partial charge in [0.2, 0.25) is 0 Å². The van der Waals surface area contributed by atoms with Crippen molar-refractivity contribution in [3.05, 3.63) is 288 Å². The molecule has 0 amide bonds. The lowest BCUT2D eigenvalue weighted by atomic mass is 9.67. The van der Waals surface area contributed by atoms with Crippen LogP contribution in [0.2, 0.25) is 0 Å². The molecule has 0 radical (unpaired) electrons. The number of benzene rings is 10. The second-order valence-electron chi connectivity index (χ2n) is 26.1. The van der Waals surface area contributed by atoms with E-state index in [1.54, 1.807) is 0 Å². The SMILES string of the molecule is CC(C)(C)c1ccc(C2(c3ccnc(-n4c5ccccc5c5ccc(Oc6cccc(N7CN(c8c(-c9ccccc9)cc(C(C)(C)C)cc8-c8ccccc8)c8ccccc87)c6)cc54)c3)c3ccccc3-c3cc(C(C)(C)C)ccc32)cc1. The molecule has 0 spiro atoms. The molecule has 5 nitrogen and oxygen atoms in total. The molecule has 1 atom stereocenters. The van der Waals surface area contributed by atoms with Gasteiger partial charge in [-0.05, 0) is 144 Å². The quantitative estimate of drug-likeness (QED) is 0.144.